The fourth-order valence-corrected chi connectivity index (χ4v) is 5.20. The molecule has 28 heavy (non-hydrogen) atoms. The van der Waals surface area contributed by atoms with E-state index in [1.807, 2.05) is 37.3 Å². The molecule has 1 unspecified atom stereocenters. The van der Waals surface area contributed by atoms with E-state index in [1.165, 1.54) is 18.2 Å². The molecule has 2 aromatic carbocycles. The highest BCUT2D eigenvalue weighted by molar-refractivity contribution is 7.94. The van der Waals surface area contributed by atoms with Crippen molar-refractivity contribution in [2.24, 2.45) is 5.92 Å². The Morgan fingerprint density at radius 3 is 2.46 bits per heavy atom. The molecule has 0 saturated carbocycles. The predicted octanol–water partition coefficient (Wildman–Crippen LogP) is 3.31. The quantitative estimate of drug-likeness (QED) is 0.743. The van der Waals surface area contributed by atoms with Crippen molar-refractivity contribution >= 4 is 39.1 Å². The van der Waals surface area contributed by atoms with Crippen molar-refractivity contribution < 1.29 is 18.0 Å². The lowest BCUT2D eigenvalue weighted by Crippen LogP contribution is -2.32. The Kier molecular flexibility index (Phi) is 5.76. The molecule has 0 aromatic heterocycles. The fraction of sp³-hybridized carbons (Fsp3) is 0.300. The smallest absolute Gasteiger partial charge is 0.255 e. The van der Waals surface area contributed by atoms with Crippen LogP contribution in [0.2, 0.25) is 5.02 Å². The molecule has 1 aliphatic heterocycles. The summed E-state index contributed by atoms with van der Waals surface area (Å²) in [4.78, 5) is 27.0. The second kappa shape index (κ2) is 7.93. The van der Waals surface area contributed by atoms with Crippen molar-refractivity contribution in [3.8, 4) is 0 Å². The first-order chi connectivity index (χ1) is 13.2. The van der Waals surface area contributed by atoms with E-state index in [0.29, 0.717) is 13.1 Å². The molecule has 1 heterocycles. The number of rotatable bonds is 5. The number of nitrogens with zero attached hydrogens (tertiary/aromatic N) is 2. The number of sulfonamides is 1. The molecule has 0 bridgehead atoms. The van der Waals surface area contributed by atoms with Gasteiger partial charge in [0.1, 0.15) is 0 Å². The lowest BCUT2D eigenvalue weighted by Gasteiger charge is -2.23. The third-order valence-electron chi connectivity index (χ3n) is 4.66. The van der Waals surface area contributed by atoms with E-state index in [0.717, 1.165) is 9.87 Å². The maximum Gasteiger partial charge on any atom is 0.255 e. The predicted molar refractivity (Wildman–Crippen MR) is 109 cm³/mol. The molecule has 0 N–H and O–H groups in total. The summed E-state index contributed by atoms with van der Waals surface area (Å²) in [6.07, 6.45) is 0. The molecule has 1 aliphatic rings. The highest BCUT2D eigenvalue weighted by Gasteiger charge is 2.42. The third kappa shape index (κ3) is 3.91. The molecule has 2 amide bonds. The summed E-state index contributed by atoms with van der Waals surface area (Å²) in [5.74, 6) is -1.69. The zero-order valence-corrected chi connectivity index (χ0v) is 17.2. The van der Waals surface area contributed by atoms with Gasteiger partial charge in [0.2, 0.25) is 15.9 Å². The van der Waals surface area contributed by atoms with E-state index in [4.69, 9.17) is 11.6 Å². The average molecular weight is 421 g/mol. The van der Waals surface area contributed by atoms with Crippen molar-refractivity contribution in [3.63, 3.8) is 0 Å². The number of anilines is 1. The molecule has 1 fully saturated rings. The second-order valence-electron chi connectivity index (χ2n) is 6.75. The molecule has 148 valence electrons. The first-order valence-electron chi connectivity index (χ1n) is 8.94. The molecule has 8 heteroatoms. The summed E-state index contributed by atoms with van der Waals surface area (Å²) >= 11 is 6.24. The number of hydrogen-bond acceptors (Lipinski definition) is 4. The van der Waals surface area contributed by atoms with Gasteiger partial charge in [0.15, 0.2) is 0 Å². The van der Waals surface area contributed by atoms with Gasteiger partial charge in [0.05, 0.1) is 27.9 Å². The van der Waals surface area contributed by atoms with Crippen LogP contribution in [0.3, 0.4) is 0 Å². The number of carbonyl (C=O) groups excluding carboxylic acids is 2. The molecule has 0 radical (unpaired) electrons. The Labute approximate surface area is 169 Å². The lowest BCUT2D eigenvalue weighted by molar-refractivity contribution is -0.119. The van der Waals surface area contributed by atoms with Crippen LogP contribution >= 0.6 is 11.6 Å². The van der Waals surface area contributed by atoms with Gasteiger partial charge >= 0.3 is 0 Å². The monoisotopic (exact) mass is 420 g/mol. The van der Waals surface area contributed by atoms with Gasteiger partial charge in [-0.05, 0) is 30.7 Å². The molecule has 1 saturated heterocycles. The number of amides is 2. The van der Waals surface area contributed by atoms with E-state index in [-0.39, 0.29) is 27.9 Å². The Hall–Kier alpha value is -2.38. The Morgan fingerprint density at radius 2 is 1.89 bits per heavy atom. The molecule has 6 nitrogen and oxygen atoms in total. The van der Waals surface area contributed by atoms with Crippen LogP contribution < -0.4 is 4.31 Å². The lowest BCUT2D eigenvalue weighted by atomic mass is 10.1. The van der Waals surface area contributed by atoms with Crippen LogP contribution in [-0.2, 0) is 21.4 Å². The maximum atomic E-state index is 13.1. The summed E-state index contributed by atoms with van der Waals surface area (Å²) in [5, 5.41) is 0.206. The molecular formula is C20H21ClN2O4S. The van der Waals surface area contributed by atoms with Crippen molar-refractivity contribution in [1.82, 2.24) is 4.90 Å². The van der Waals surface area contributed by atoms with Crippen LogP contribution in [0, 0.1) is 5.92 Å². The molecule has 2 aromatic rings. The van der Waals surface area contributed by atoms with E-state index in [2.05, 4.69) is 0 Å². The van der Waals surface area contributed by atoms with Gasteiger partial charge in [-0.15, -0.1) is 0 Å². The van der Waals surface area contributed by atoms with Crippen molar-refractivity contribution in [3.05, 3.63) is 64.7 Å². The topological polar surface area (TPSA) is 74.8 Å². The van der Waals surface area contributed by atoms with Crippen molar-refractivity contribution in [2.75, 3.05) is 16.6 Å². The molecule has 0 aliphatic carbocycles. The van der Waals surface area contributed by atoms with Crippen LogP contribution in [0.5, 0.6) is 0 Å². The highest BCUT2D eigenvalue weighted by Crippen LogP contribution is 2.31. The molecule has 0 spiro atoms. The third-order valence-corrected chi connectivity index (χ3v) is 6.86. The second-order valence-corrected chi connectivity index (χ2v) is 9.02. The van der Waals surface area contributed by atoms with Crippen LogP contribution in [0.25, 0.3) is 0 Å². The van der Waals surface area contributed by atoms with Crippen LogP contribution in [0.15, 0.2) is 48.5 Å². The zero-order valence-electron chi connectivity index (χ0n) is 15.6. The Morgan fingerprint density at radius 1 is 1.21 bits per heavy atom. The summed E-state index contributed by atoms with van der Waals surface area (Å²) in [6.45, 7) is 4.27. The van der Waals surface area contributed by atoms with Gasteiger partial charge in [-0.2, -0.15) is 0 Å². The first kappa shape index (κ1) is 20.4. The van der Waals surface area contributed by atoms with Crippen molar-refractivity contribution in [1.29, 1.82) is 0 Å². The normalized spacial score (nSPS) is 18.3. The SMILES string of the molecule is CCN(Cc1ccccc1)C(=O)c1cc(N2C(=O)C(C)CS2(=O)=O)ccc1Cl. The fourth-order valence-electron chi connectivity index (χ4n) is 3.19. The molecular weight excluding hydrogens is 400 g/mol. The minimum Gasteiger partial charge on any atom is -0.335 e. The van der Waals surface area contributed by atoms with Gasteiger partial charge in [0, 0.05) is 13.1 Å². The van der Waals surface area contributed by atoms with Crippen molar-refractivity contribution in [2.45, 2.75) is 20.4 Å². The van der Waals surface area contributed by atoms with Crippen LogP contribution in [-0.4, -0.2) is 37.4 Å². The molecule has 3 rings (SSSR count). The Balaban J connectivity index is 1.95. The largest absolute Gasteiger partial charge is 0.335 e. The summed E-state index contributed by atoms with van der Waals surface area (Å²) in [5.41, 5.74) is 1.27. The highest BCUT2D eigenvalue weighted by atomic mass is 35.5. The van der Waals surface area contributed by atoms with E-state index >= 15 is 0 Å². The Bertz CT molecular complexity index is 1010. The van der Waals surface area contributed by atoms with Gasteiger partial charge in [0.25, 0.3) is 5.91 Å². The number of carbonyl (C=O) groups is 2. The van der Waals surface area contributed by atoms with E-state index in [1.54, 1.807) is 11.8 Å². The van der Waals surface area contributed by atoms with E-state index < -0.39 is 21.8 Å². The van der Waals surface area contributed by atoms with Gasteiger partial charge in [-0.1, -0.05) is 48.9 Å². The first-order valence-corrected chi connectivity index (χ1v) is 10.9. The number of halogens is 1. The van der Waals surface area contributed by atoms with E-state index in [9.17, 15) is 18.0 Å². The average Bonchev–Trinajstić information content (AvgIpc) is 2.87. The molecule has 1 atom stereocenters. The maximum absolute atomic E-state index is 13.1. The number of benzene rings is 2. The minimum atomic E-state index is -3.75. The van der Waals surface area contributed by atoms with Gasteiger partial charge in [-0.25, -0.2) is 12.7 Å². The summed E-state index contributed by atoms with van der Waals surface area (Å²) < 4.78 is 25.5. The standard InChI is InChI=1S/C20H21ClN2O4S/c1-3-22(12-15-7-5-4-6-8-15)20(25)17-11-16(9-10-18(17)21)23-19(24)14(2)13-28(23,26)27/h4-11,14H,3,12-13H2,1-2H3. The summed E-state index contributed by atoms with van der Waals surface area (Å²) in [6, 6.07) is 13.8. The number of hydrogen-bond donors (Lipinski definition) is 0. The summed E-state index contributed by atoms with van der Waals surface area (Å²) in [7, 11) is -3.75. The zero-order chi connectivity index (χ0) is 20.5. The van der Waals surface area contributed by atoms with Gasteiger partial charge < -0.3 is 4.90 Å². The van der Waals surface area contributed by atoms with Gasteiger partial charge in [-0.3, -0.25) is 9.59 Å². The van der Waals surface area contributed by atoms with Crippen LogP contribution in [0.1, 0.15) is 29.8 Å². The minimum absolute atomic E-state index is 0.137. The van der Waals surface area contributed by atoms with Crippen LogP contribution in [0.4, 0.5) is 5.69 Å².